The van der Waals surface area contributed by atoms with Crippen molar-refractivity contribution in [2.45, 2.75) is 26.2 Å². The Hall–Kier alpha value is -3.84. The van der Waals surface area contributed by atoms with Crippen LogP contribution in [0.5, 0.6) is 0 Å². The van der Waals surface area contributed by atoms with E-state index >= 15 is 0 Å². The topological polar surface area (TPSA) is 66.4 Å². The lowest BCUT2D eigenvalue weighted by atomic mass is 9.87. The number of rotatable bonds is 6. The van der Waals surface area contributed by atoms with Crippen molar-refractivity contribution in [3.05, 3.63) is 101 Å². The maximum atomic E-state index is 13.4. The summed E-state index contributed by atoms with van der Waals surface area (Å²) in [6.07, 6.45) is 1.72. The Bertz CT molecular complexity index is 1290. The standard InChI is InChI=1S/C27H25FN4OS/c1-27(2,3)21-13-9-18(10-14-21)17-29-32-26-30-23(19-11-15-22(28)16-12-19)25(34-26)31-24(33)20-7-5-4-6-8-20/h4-17H,1-3H3,(H,30,32)(H,31,33)/b29-17-. The molecule has 2 N–H and O–H groups in total. The zero-order valence-corrected chi connectivity index (χ0v) is 20.0. The van der Waals surface area contributed by atoms with Crippen molar-refractivity contribution in [3.63, 3.8) is 0 Å². The predicted molar refractivity (Wildman–Crippen MR) is 138 cm³/mol. The van der Waals surface area contributed by atoms with Crippen molar-refractivity contribution >= 4 is 33.6 Å². The number of carbonyl (C=O) groups is 1. The lowest BCUT2D eigenvalue weighted by Gasteiger charge is -2.18. The van der Waals surface area contributed by atoms with Gasteiger partial charge >= 0.3 is 0 Å². The minimum absolute atomic E-state index is 0.0894. The third kappa shape index (κ3) is 5.74. The van der Waals surface area contributed by atoms with Gasteiger partial charge in [0.2, 0.25) is 5.13 Å². The summed E-state index contributed by atoms with van der Waals surface area (Å²) in [6.45, 7) is 6.52. The second-order valence-electron chi connectivity index (χ2n) is 8.77. The van der Waals surface area contributed by atoms with Crippen LogP contribution in [0.4, 0.5) is 14.5 Å². The highest BCUT2D eigenvalue weighted by Crippen LogP contribution is 2.36. The van der Waals surface area contributed by atoms with E-state index in [1.54, 1.807) is 42.6 Å². The van der Waals surface area contributed by atoms with Gasteiger partial charge in [-0.1, -0.05) is 74.6 Å². The molecule has 0 saturated carbocycles. The number of thiazole rings is 1. The van der Waals surface area contributed by atoms with Crippen LogP contribution in [0.15, 0.2) is 84.0 Å². The lowest BCUT2D eigenvalue weighted by Crippen LogP contribution is -2.11. The molecule has 4 rings (SSSR count). The van der Waals surface area contributed by atoms with Gasteiger partial charge < -0.3 is 5.32 Å². The Morgan fingerprint density at radius 1 is 0.971 bits per heavy atom. The molecule has 1 amide bonds. The average Bonchev–Trinajstić information content (AvgIpc) is 3.22. The van der Waals surface area contributed by atoms with E-state index in [1.165, 1.54) is 29.0 Å². The molecule has 4 aromatic rings. The van der Waals surface area contributed by atoms with Crippen molar-refractivity contribution in [3.8, 4) is 11.3 Å². The number of hydrogen-bond donors (Lipinski definition) is 2. The molecule has 0 radical (unpaired) electrons. The first-order valence-electron chi connectivity index (χ1n) is 10.8. The third-order valence-electron chi connectivity index (χ3n) is 5.16. The first kappa shape index (κ1) is 23.3. The van der Waals surface area contributed by atoms with Gasteiger partial charge in [0.1, 0.15) is 16.5 Å². The fraction of sp³-hybridized carbons (Fsp3) is 0.148. The molecule has 0 aliphatic rings. The molecule has 5 nitrogen and oxygen atoms in total. The van der Waals surface area contributed by atoms with Gasteiger partial charge in [-0.25, -0.2) is 9.37 Å². The van der Waals surface area contributed by atoms with Gasteiger partial charge in [0.05, 0.1) is 6.21 Å². The monoisotopic (exact) mass is 472 g/mol. The van der Waals surface area contributed by atoms with Gasteiger partial charge in [0.25, 0.3) is 5.91 Å². The van der Waals surface area contributed by atoms with Crippen molar-refractivity contribution in [1.29, 1.82) is 0 Å². The summed E-state index contributed by atoms with van der Waals surface area (Å²) in [6, 6.07) is 23.1. The minimum Gasteiger partial charge on any atom is -0.312 e. The van der Waals surface area contributed by atoms with Gasteiger partial charge in [0, 0.05) is 11.1 Å². The molecule has 0 aliphatic heterocycles. The SMILES string of the molecule is CC(C)(C)c1ccc(/C=N\Nc2nc(-c3ccc(F)cc3)c(NC(=O)c3ccccc3)s2)cc1. The summed E-state index contributed by atoms with van der Waals surface area (Å²) in [7, 11) is 0. The third-order valence-corrected chi connectivity index (χ3v) is 6.03. The number of nitrogens with one attached hydrogen (secondary N) is 2. The maximum absolute atomic E-state index is 13.4. The molecule has 0 aliphatic carbocycles. The number of aromatic nitrogens is 1. The second-order valence-corrected chi connectivity index (χ2v) is 9.76. The van der Waals surface area contributed by atoms with E-state index in [9.17, 15) is 9.18 Å². The molecule has 0 atom stereocenters. The number of amides is 1. The Morgan fingerprint density at radius 3 is 2.29 bits per heavy atom. The predicted octanol–water partition coefficient (Wildman–Crippen LogP) is 6.95. The molecule has 7 heteroatoms. The van der Waals surface area contributed by atoms with Gasteiger partial charge in [0.15, 0.2) is 0 Å². The Kier molecular flexibility index (Phi) is 6.84. The first-order chi connectivity index (χ1) is 16.3. The zero-order chi connectivity index (χ0) is 24.1. The molecule has 0 unspecified atom stereocenters. The Morgan fingerprint density at radius 2 is 1.65 bits per heavy atom. The fourth-order valence-corrected chi connectivity index (χ4v) is 4.08. The van der Waals surface area contributed by atoms with E-state index < -0.39 is 0 Å². The van der Waals surface area contributed by atoms with Crippen molar-refractivity contribution < 1.29 is 9.18 Å². The second kappa shape index (κ2) is 9.97. The molecule has 0 saturated heterocycles. The molecular weight excluding hydrogens is 447 g/mol. The van der Waals surface area contributed by atoms with Gasteiger partial charge in [-0.05, 0) is 52.9 Å². The van der Waals surface area contributed by atoms with Crippen molar-refractivity contribution in [1.82, 2.24) is 4.98 Å². The summed E-state index contributed by atoms with van der Waals surface area (Å²) in [5.41, 5.74) is 7.00. The molecular formula is C27H25FN4OS. The molecule has 34 heavy (non-hydrogen) atoms. The largest absolute Gasteiger partial charge is 0.312 e. The van der Waals surface area contributed by atoms with Crippen LogP contribution in [-0.2, 0) is 5.41 Å². The normalized spacial score (nSPS) is 11.5. The Labute approximate surface area is 202 Å². The van der Waals surface area contributed by atoms with E-state index in [1.807, 2.05) is 18.2 Å². The number of nitrogens with zero attached hydrogens (tertiary/aromatic N) is 2. The van der Waals surface area contributed by atoms with Crippen LogP contribution in [0.2, 0.25) is 0 Å². The van der Waals surface area contributed by atoms with Crippen LogP contribution in [0.3, 0.4) is 0 Å². The van der Waals surface area contributed by atoms with E-state index in [2.05, 4.69) is 53.7 Å². The fourth-order valence-electron chi connectivity index (χ4n) is 3.25. The van der Waals surface area contributed by atoms with Crippen molar-refractivity contribution in [2.24, 2.45) is 5.10 Å². The summed E-state index contributed by atoms with van der Waals surface area (Å²) in [5.74, 6) is -0.587. The van der Waals surface area contributed by atoms with E-state index in [0.29, 0.717) is 27.0 Å². The number of carbonyl (C=O) groups excluding carboxylic acids is 1. The van der Waals surface area contributed by atoms with Crippen LogP contribution < -0.4 is 10.7 Å². The number of hydrazone groups is 1. The quantitative estimate of drug-likeness (QED) is 0.236. The molecule has 0 bridgehead atoms. The van der Waals surface area contributed by atoms with E-state index in [-0.39, 0.29) is 17.1 Å². The van der Waals surface area contributed by atoms with Gasteiger partial charge in [-0.3, -0.25) is 10.2 Å². The Balaban J connectivity index is 1.55. The molecule has 172 valence electrons. The van der Waals surface area contributed by atoms with Crippen LogP contribution in [0, 0.1) is 5.82 Å². The maximum Gasteiger partial charge on any atom is 0.256 e. The van der Waals surface area contributed by atoms with Crippen LogP contribution in [0.1, 0.15) is 42.3 Å². The average molecular weight is 473 g/mol. The van der Waals surface area contributed by atoms with E-state index in [4.69, 9.17) is 0 Å². The van der Waals surface area contributed by atoms with Gasteiger partial charge in [-0.15, -0.1) is 0 Å². The highest BCUT2D eigenvalue weighted by molar-refractivity contribution is 7.20. The molecule has 3 aromatic carbocycles. The van der Waals surface area contributed by atoms with E-state index in [0.717, 1.165) is 5.56 Å². The van der Waals surface area contributed by atoms with Crippen molar-refractivity contribution in [2.75, 3.05) is 10.7 Å². The number of halogens is 1. The van der Waals surface area contributed by atoms with Gasteiger partial charge in [-0.2, -0.15) is 5.10 Å². The molecule has 1 heterocycles. The molecule has 0 spiro atoms. The zero-order valence-electron chi connectivity index (χ0n) is 19.2. The smallest absolute Gasteiger partial charge is 0.256 e. The summed E-state index contributed by atoms with van der Waals surface area (Å²) >= 11 is 1.26. The highest BCUT2D eigenvalue weighted by atomic mass is 32.1. The van der Waals surface area contributed by atoms with Crippen LogP contribution >= 0.6 is 11.3 Å². The van der Waals surface area contributed by atoms with Crippen LogP contribution in [0.25, 0.3) is 11.3 Å². The lowest BCUT2D eigenvalue weighted by molar-refractivity contribution is 0.102. The van der Waals surface area contributed by atoms with Crippen LogP contribution in [-0.4, -0.2) is 17.1 Å². The number of benzene rings is 3. The summed E-state index contributed by atoms with van der Waals surface area (Å²) in [5, 5.41) is 8.28. The first-order valence-corrected chi connectivity index (χ1v) is 11.6. The summed E-state index contributed by atoms with van der Waals surface area (Å²) < 4.78 is 13.4. The summed E-state index contributed by atoms with van der Waals surface area (Å²) in [4.78, 5) is 17.3. The minimum atomic E-state index is -0.339. The highest BCUT2D eigenvalue weighted by Gasteiger charge is 2.17. The molecule has 0 fully saturated rings. The number of hydrogen-bond acceptors (Lipinski definition) is 5. The number of anilines is 2. The molecule has 1 aromatic heterocycles.